The number of nitrogens with two attached hydrogens (primary N) is 1. The number of hydrogen-bond donors (Lipinski definition) is 2. The Balaban J connectivity index is 1.64. The summed E-state index contributed by atoms with van der Waals surface area (Å²) in [5, 5.41) is 6.80. The Morgan fingerprint density at radius 3 is 2.90 bits per heavy atom. The van der Waals surface area contributed by atoms with Crippen molar-refractivity contribution in [2.45, 2.75) is 19.3 Å². The van der Waals surface area contributed by atoms with E-state index in [9.17, 15) is 18.0 Å². The standard InChI is InChI=1S/C17H13F3N6O2S/c18-17(19,20)7-26-11-3-1-2-10(21)9(11)4-12(26)15-24-14(28-25-15)6-23-16(27)13-5-22-8-29-13/h1-5,8H,6-7,21H2,(H,23,27). The number of nitrogen functional groups attached to an aromatic ring is 1. The van der Waals surface area contributed by atoms with Gasteiger partial charge < -0.3 is 20.1 Å². The number of carbonyl (C=O) groups excluding carboxylic acids is 1. The highest BCUT2D eigenvalue weighted by Crippen LogP contribution is 2.32. The first-order valence-corrected chi connectivity index (χ1v) is 9.14. The van der Waals surface area contributed by atoms with Crippen molar-refractivity contribution in [3.8, 4) is 11.5 Å². The molecule has 0 saturated carbocycles. The molecule has 150 valence electrons. The number of fused-ring (bicyclic) bond motifs is 1. The van der Waals surface area contributed by atoms with E-state index in [0.717, 1.165) is 4.57 Å². The van der Waals surface area contributed by atoms with Crippen molar-refractivity contribution in [3.05, 3.63) is 46.7 Å². The van der Waals surface area contributed by atoms with Crippen LogP contribution in [-0.4, -0.2) is 31.8 Å². The first-order chi connectivity index (χ1) is 13.8. The van der Waals surface area contributed by atoms with Gasteiger partial charge in [0, 0.05) is 11.1 Å². The molecule has 0 spiro atoms. The van der Waals surface area contributed by atoms with Crippen LogP contribution in [0.3, 0.4) is 0 Å². The van der Waals surface area contributed by atoms with Gasteiger partial charge in [0.1, 0.15) is 11.4 Å². The minimum Gasteiger partial charge on any atom is -0.398 e. The van der Waals surface area contributed by atoms with Crippen LogP contribution >= 0.6 is 11.3 Å². The third-order valence-electron chi connectivity index (χ3n) is 4.07. The molecule has 0 bridgehead atoms. The second-order valence-corrected chi connectivity index (χ2v) is 6.96. The smallest absolute Gasteiger partial charge is 0.398 e. The number of aromatic nitrogens is 4. The zero-order valence-electron chi connectivity index (χ0n) is 14.6. The van der Waals surface area contributed by atoms with Gasteiger partial charge in [0.05, 0.1) is 29.5 Å². The third kappa shape index (κ3) is 3.92. The van der Waals surface area contributed by atoms with Crippen LogP contribution in [0.25, 0.3) is 22.4 Å². The summed E-state index contributed by atoms with van der Waals surface area (Å²) in [5.41, 5.74) is 8.18. The molecule has 3 heterocycles. The second-order valence-electron chi connectivity index (χ2n) is 6.07. The van der Waals surface area contributed by atoms with Crippen LogP contribution in [-0.2, 0) is 13.1 Å². The highest BCUT2D eigenvalue weighted by atomic mass is 32.1. The predicted octanol–water partition coefficient (Wildman–Crippen LogP) is 3.22. The third-order valence-corrected chi connectivity index (χ3v) is 4.84. The van der Waals surface area contributed by atoms with Crippen LogP contribution in [0.5, 0.6) is 0 Å². The molecular formula is C17H13F3N6O2S. The van der Waals surface area contributed by atoms with Crippen LogP contribution in [0.15, 0.2) is 40.5 Å². The molecule has 0 aliphatic carbocycles. The SMILES string of the molecule is Nc1cccc2c1cc(-c1noc(CNC(=O)c3cncs3)n1)n2CC(F)(F)F. The lowest BCUT2D eigenvalue weighted by molar-refractivity contribution is -0.139. The number of anilines is 1. The molecule has 4 rings (SSSR count). The zero-order chi connectivity index (χ0) is 20.6. The molecule has 0 fully saturated rings. The number of nitrogens with zero attached hydrogens (tertiary/aromatic N) is 4. The van der Waals surface area contributed by atoms with Gasteiger partial charge in [0.25, 0.3) is 5.91 Å². The lowest BCUT2D eigenvalue weighted by Crippen LogP contribution is -2.22. The van der Waals surface area contributed by atoms with Crippen molar-refractivity contribution in [3.63, 3.8) is 0 Å². The lowest BCUT2D eigenvalue weighted by atomic mass is 10.2. The molecule has 0 unspecified atom stereocenters. The number of hydrogen-bond acceptors (Lipinski definition) is 7. The maximum Gasteiger partial charge on any atom is 0.406 e. The first-order valence-electron chi connectivity index (χ1n) is 8.26. The molecule has 0 aliphatic heterocycles. The van der Waals surface area contributed by atoms with E-state index < -0.39 is 12.7 Å². The van der Waals surface area contributed by atoms with E-state index in [4.69, 9.17) is 10.3 Å². The van der Waals surface area contributed by atoms with Crippen molar-refractivity contribution in [1.82, 2.24) is 25.0 Å². The average Bonchev–Trinajstić information content (AvgIpc) is 3.39. The Hall–Kier alpha value is -3.41. The average molecular weight is 422 g/mol. The topological polar surface area (TPSA) is 112 Å². The number of nitrogens with one attached hydrogen (secondary N) is 1. The first kappa shape index (κ1) is 18.9. The molecule has 3 N–H and O–H groups in total. The van der Waals surface area contributed by atoms with E-state index in [0.29, 0.717) is 21.5 Å². The number of halogens is 3. The van der Waals surface area contributed by atoms with E-state index in [1.807, 2.05) is 0 Å². The summed E-state index contributed by atoms with van der Waals surface area (Å²) in [5.74, 6) is -0.354. The van der Waals surface area contributed by atoms with E-state index in [1.54, 1.807) is 12.1 Å². The van der Waals surface area contributed by atoms with Gasteiger partial charge >= 0.3 is 6.18 Å². The summed E-state index contributed by atoms with van der Waals surface area (Å²) in [6, 6.07) is 6.20. The Morgan fingerprint density at radius 1 is 1.34 bits per heavy atom. The van der Waals surface area contributed by atoms with Crippen molar-refractivity contribution in [2.75, 3.05) is 5.73 Å². The van der Waals surface area contributed by atoms with E-state index in [-0.39, 0.29) is 29.9 Å². The monoisotopic (exact) mass is 422 g/mol. The summed E-state index contributed by atoms with van der Waals surface area (Å²) < 4.78 is 45.5. The molecule has 0 radical (unpaired) electrons. The largest absolute Gasteiger partial charge is 0.406 e. The van der Waals surface area contributed by atoms with Gasteiger partial charge in [0.15, 0.2) is 0 Å². The highest BCUT2D eigenvalue weighted by Gasteiger charge is 2.31. The summed E-state index contributed by atoms with van der Waals surface area (Å²) in [4.78, 5) is 20.3. The molecule has 29 heavy (non-hydrogen) atoms. The molecule has 0 saturated heterocycles. The molecule has 4 aromatic rings. The van der Waals surface area contributed by atoms with Crippen LogP contribution in [0.1, 0.15) is 15.6 Å². The van der Waals surface area contributed by atoms with Gasteiger partial charge in [-0.2, -0.15) is 18.2 Å². The highest BCUT2D eigenvalue weighted by molar-refractivity contribution is 7.11. The van der Waals surface area contributed by atoms with Crippen LogP contribution < -0.4 is 11.1 Å². The van der Waals surface area contributed by atoms with Gasteiger partial charge in [-0.1, -0.05) is 11.2 Å². The fraction of sp³-hybridized carbons (Fsp3) is 0.176. The molecule has 1 aromatic carbocycles. The minimum absolute atomic E-state index is 0.0353. The summed E-state index contributed by atoms with van der Waals surface area (Å²) >= 11 is 1.17. The number of carbonyl (C=O) groups is 1. The van der Waals surface area contributed by atoms with Gasteiger partial charge in [0.2, 0.25) is 11.7 Å². The number of rotatable bonds is 5. The zero-order valence-corrected chi connectivity index (χ0v) is 15.4. The van der Waals surface area contributed by atoms with Crippen molar-refractivity contribution in [1.29, 1.82) is 0 Å². The molecule has 12 heteroatoms. The van der Waals surface area contributed by atoms with Crippen molar-refractivity contribution >= 4 is 33.8 Å². The van der Waals surface area contributed by atoms with Crippen molar-refractivity contribution < 1.29 is 22.5 Å². The van der Waals surface area contributed by atoms with E-state index in [1.165, 1.54) is 35.2 Å². The van der Waals surface area contributed by atoms with Gasteiger partial charge in [-0.3, -0.25) is 9.78 Å². The number of benzene rings is 1. The van der Waals surface area contributed by atoms with Crippen LogP contribution in [0.4, 0.5) is 18.9 Å². The number of thiazole rings is 1. The molecular weight excluding hydrogens is 409 g/mol. The number of alkyl halides is 3. The molecule has 3 aromatic heterocycles. The predicted molar refractivity (Wildman–Crippen MR) is 99.0 cm³/mol. The number of amides is 1. The maximum absolute atomic E-state index is 13.1. The van der Waals surface area contributed by atoms with E-state index in [2.05, 4.69) is 20.4 Å². The normalized spacial score (nSPS) is 11.8. The molecule has 0 atom stereocenters. The summed E-state index contributed by atoms with van der Waals surface area (Å²) in [6.07, 6.45) is -3.04. The fourth-order valence-electron chi connectivity index (χ4n) is 2.84. The maximum atomic E-state index is 13.1. The van der Waals surface area contributed by atoms with Crippen LogP contribution in [0.2, 0.25) is 0 Å². The van der Waals surface area contributed by atoms with Crippen LogP contribution in [0, 0.1) is 0 Å². The quantitative estimate of drug-likeness (QED) is 0.478. The Labute approximate surface area is 165 Å². The minimum atomic E-state index is -4.46. The fourth-order valence-corrected chi connectivity index (χ4v) is 3.38. The Bertz CT molecular complexity index is 1170. The molecule has 1 amide bonds. The van der Waals surface area contributed by atoms with Crippen molar-refractivity contribution in [2.24, 2.45) is 0 Å². The van der Waals surface area contributed by atoms with E-state index >= 15 is 0 Å². The van der Waals surface area contributed by atoms with Gasteiger partial charge in [-0.05, 0) is 18.2 Å². The Morgan fingerprint density at radius 2 is 2.17 bits per heavy atom. The second kappa shape index (κ2) is 7.20. The summed E-state index contributed by atoms with van der Waals surface area (Å²) in [6.45, 7) is -1.31. The van der Waals surface area contributed by atoms with Gasteiger partial charge in [-0.15, -0.1) is 11.3 Å². The molecule has 8 nitrogen and oxygen atoms in total. The molecule has 0 aliphatic rings. The summed E-state index contributed by atoms with van der Waals surface area (Å²) in [7, 11) is 0. The Kier molecular flexibility index (Phi) is 4.70. The lowest BCUT2D eigenvalue weighted by Gasteiger charge is -2.11. The van der Waals surface area contributed by atoms with Gasteiger partial charge in [-0.25, -0.2) is 0 Å².